The molecule has 0 spiro atoms. The Bertz CT molecular complexity index is 1110. The van der Waals surface area contributed by atoms with E-state index in [1.807, 2.05) is 73.7 Å². The van der Waals surface area contributed by atoms with E-state index in [1.165, 1.54) is 0 Å². The monoisotopic (exact) mass is 436 g/mol. The maximum atomic E-state index is 12.9. The van der Waals surface area contributed by atoms with Gasteiger partial charge in [-0.25, -0.2) is 0 Å². The SMILES string of the molecule is COc1ccc(C2=Nc3ccccc3S[C@H]2CC(=O)Nc2cccc(Cl)c2C)cc1. The minimum atomic E-state index is -0.104. The topological polar surface area (TPSA) is 50.7 Å². The third-order valence-electron chi connectivity index (χ3n) is 4.98. The molecule has 0 unspecified atom stereocenters. The van der Waals surface area contributed by atoms with Gasteiger partial charge in [-0.05, 0) is 66.6 Å². The summed E-state index contributed by atoms with van der Waals surface area (Å²) in [4.78, 5) is 18.9. The second-order valence-corrected chi connectivity index (χ2v) is 8.62. The van der Waals surface area contributed by atoms with Crippen molar-refractivity contribution in [3.05, 3.63) is 82.9 Å². The first-order valence-electron chi connectivity index (χ1n) is 9.59. The number of methoxy groups -OCH3 is 1. The smallest absolute Gasteiger partial charge is 0.225 e. The third-order valence-corrected chi connectivity index (χ3v) is 6.66. The van der Waals surface area contributed by atoms with Gasteiger partial charge in [0.15, 0.2) is 0 Å². The second-order valence-electron chi connectivity index (χ2n) is 6.96. The number of fused-ring (bicyclic) bond motifs is 1. The molecule has 0 radical (unpaired) electrons. The Kier molecular flexibility index (Phi) is 6.11. The summed E-state index contributed by atoms with van der Waals surface area (Å²) in [6.07, 6.45) is 0.301. The highest BCUT2D eigenvalue weighted by molar-refractivity contribution is 8.01. The van der Waals surface area contributed by atoms with Crippen LogP contribution in [-0.2, 0) is 4.79 Å². The van der Waals surface area contributed by atoms with E-state index in [0.717, 1.165) is 38.9 Å². The number of anilines is 1. The lowest BCUT2D eigenvalue weighted by Gasteiger charge is -2.24. The van der Waals surface area contributed by atoms with Crippen molar-refractivity contribution < 1.29 is 9.53 Å². The van der Waals surface area contributed by atoms with Crippen molar-refractivity contribution in [1.29, 1.82) is 0 Å². The molecule has 152 valence electrons. The Morgan fingerprint density at radius 2 is 1.87 bits per heavy atom. The molecule has 1 heterocycles. The molecule has 1 aliphatic rings. The van der Waals surface area contributed by atoms with E-state index in [1.54, 1.807) is 18.9 Å². The summed E-state index contributed by atoms with van der Waals surface area (Å²) in [5.41, 5.74) is 4.39. The Morgan fingerprint density at radius 1 is 1.10 bits per heavy atom. The average molecular weight is 437 g/mol. The van der Waals surface area contributed by atoms with Crippen molar-refractivity contribution in [2.45, 2.75) is 23.5 Å². The molecule has 0 fully saturated rings. The van der Waals surface area contributed by atoms with Crippen LogP contribution in [0, 0.1) is 6.92 Å². The van der Waals surface area contributed by atoms with E-state index in [2.05, 4.69) is 5.32 Å². The van der Waals surface area contributed by atoms with Crippen LogP contribution in [0.5, 0.6) is 5.75 Å². The van der Waals surface area contributed by atoms with Gasteiger partial charge in [0.05, 0.1) is 23.8 Å². The molecule has 4 rings (SSSR count). The number of rotatable bonds is 5. The first-order valence-corrected chi connectivity index (χ1v) is 10.8. The van der Waals surface area contributed by atoms with E-state index < -0.39 is 0 Å². The molecular formula is C24H21ClN2O2S. The lowest BCUT2D eigenvalue weighted by atomic mass is 10.0. The number of amides is 1. The summed E-state index contributed by atoms with van der Waals surface area (Å²) >= 11 is 7.86. The highest BCUT2D eigenvalue weighted by atomic mass is 35.5. The maximum absolute atomic E-state index is 12.9. The number of aliphatic imine (C=N–C) groups is 1. The first kappa shape index (κ1) is 20.5. The number of hydrogen-bond donors (Lipinski definition) is 1. The summed E-state index contributed by atoms with van der Waals surface area (Å²) in [6, 6.07) is 21.3. The predicted molar refractivity (Wildman–Crippen MR) is 125 cm³/mol. The van der Waals surface area contributed by atoms with Crippen LogP contribution in [0.4, 0.5) is 11.4 Å². The summed E-state index contributed by atoms with van der Waals surface area (Å²) in [7, 11) is 1.64. The van der Waals surface area contributed by atoms with E-state index in [4.69, 9.17) is 21.3 Å². The highest BCUT2D eigenvalue weighted by Crippen LogP contribution is 2.40. The van der Waals surface area contributed by atoms with Gasteiger partial charge < -0.3 is 10.1 Å². The molecule has 30 heavy (non-hydrogen) atoms. The number of para-hydroxylation sites is 1. The predicted octanol–water partition coefficient (Wildman–Crippen LogP) is 6.28. The average Bonchev–Trinajstić information content (AvgIpc) is 2.76. The van der Waals surface area contributed by atoms with E-state index >= 15 is 0 Å². The molecule has 1 atom stereocenters. The van der Waals surface area contributed by atoms with E-state index in [-0.39, 0.29) is 11.2 Å². The minimum Gasteiger partial charge on any atom is -0.497 e. The summed E-state index contributed by atoms with van der Waals surface area (Å²) < 4.78 is 5.27. The lowest BCUT2D eigenvalue weighted by molar-refractivity contribution is -0.116. The number of halogens is 1. The van der Waals surface area contributed by atoms with E-state index in [0.29, 0.717) is 11.4 Å². The van der Waals surface area contributed by atoms with Crippen LogP contribution >= 0.6 is 23.4 Å². The van der Waals surface area contributed by atoms with Gasteiger partial charge in [-0.2, -0.15) is 0 Å². The largest absolute Gasteiger partial charge is 0.497 e. The van der Waals surface area contributed by atoms with Crippen LogP contribution in [0.1, 0.15) is 17.5 Å². The van der Waals surface area contributed by atoms with Gasteiger partial charge in [0.25, 0.3) is 0 Å². The molecule has 0 bridgehead atoms. The number of carbonyl (C=O) groups is 1. The molecule has 0 aliphatic carbocycles. The van der Waals surface area contributed by atoms with Crippen LogP contribution in [-0.4, -0.2) is 24.0 Å². The molecule has 3 aromatic carbocycles. The van der Waals surface area contributed by atoms with Crippen molar-refractivity contribution in [3.8, 4) is 5.75 Å². The standard InChI is InChI=1S/C24H21ClN2O2S/c1-15-18(25)6-5-8-19(15)26-23(28)14-22-24(16-10-12-17(29-2)13-11-16)27-20-7-3-4-9-21(20)30-22/h3-13,22H,14H2,1-2H3,(H,26,28)/t22-/m0/s1. The van der Waals surface area contributed by atoms with Crippen LogP contribution in [0.2, 0.25) is 5.02 Å². The molecule has 6 heteroatoms. The zero-order valence-electron chi connectivity index (χ0n) is 16.7. The Hall–Kier alpha value is -2.76. The van der Waals surface area contributed by atoms with Crippen molar-refractivity contribution in [1.82, 2.24) is 0 Å². The van der Waals surface area contributed by atoms with Crippen LogP contribution < -0.4 is 10.1 Å². The van der Waals surface area contributed by atoms with Crippen molar-refractivity contribution in [3.63, 3.8) is 0 Å². The van der Waals surface area contributed by atoms with Gasteiger partial charge in [-0.3, -0.25) is 9.79 Å². The Labute approximate surface area is 185 Å². The minimum absolute atomic E-state index is 0.0709. The zero-order chi connectivity index (χ0) is 21.1. The number of thioether (sulfide) groups is 1. The fraction of sp³-hybridized carbons (Fsp3) is 0.167. The van der Waals surface area contributed by atoms with Gasteiger partial charge in [-0.1, -0.05) is 29.8 Å². The summed E-state index contributed by atoms with van der Waals surface area (Å²) in [5.74, 6) is 0.715. The molecule has 0 saturated heterocycles. The number of hydrogen-bond acceptors (Lipinski definition) is 4. The Morgan fingerprint density at radius 3 is 2.63 bits per heavy atom. The Balaban J connectivity index is 1.61. The molecule has 3 aromatic rings. The number of nitrogens with zero attached hydrogens (tertiary/aromatic N) is 1. The summed E-state index contributed by atoms with van der Waals surface area (Å²) in [5, 5.41) is 3.53. The first-order chi connectivity index (χ1) is 14.5. The van der Waals surface area contributed by atoms with Crippen molar-refractivity contribution in [2.75, 3.05) is 12.4 Å². The van der Waals surface area contributed by atoms with Crippen molar-refractivity contribution >= 4 is 46.4 Å². The van der Waals surface area contributed by atoms with Crippen LogP contribution in [0.3, 0.4) is 0 Å². The summed E-state index contributed by atoms with van der Waals surface area (Å²) in [6.45, 7) is 1.90. The number of benzene rings is 3. The second kappa shape index (κ2) is 8.94. The third kappa shape index (κ3) is 4.37. The van der Waals surface area contributed by atoms with E-state index in [9.17, 15) is 4.79 Å². The van der Waals surface area contributed by atoms with Gasteiger partial charge in [0.1, 0.15) is 5.75 Å². The highest BCUT2D eigenvalue weighted by Gasteiger charge is 2.27. The fourth-order valence-corrected chi connectivity index (χ4v) is 4.73. The zero-order valence-corrected chi connectivity index (χ0v) is 18.3. The number of ether oxygens (including phenoxy) is 1. The molecule has 4 nitrogen and oxygen atoms in total. The maximum Gasteiger partial charge on any atom is 0.225 e. The molecule has 0 aromatic heterocycles. The van der Waals surface area contributed by atoms with Gasteiger partial charge in [0.2, 0.25) is 5.91 Å². The van der Waals surface area contributed by atoms with Crippen LogP contribution in [0.15, 0.2) is 76.6 Å². The molecule has 0 saturated carbocycles. The van der Waals surface area contributed by atoms with Gasteiger partial charge in [-0.15, -0.1) is 11.8 Å². The van der Waals surface area contributed by atoms with Gasteiger partial charge in [0, 0.05) is 22.0 Å². The number of nitrogens with one attached hydrogen (secondary N) is 1. The number of carbonyl (C=O) groups excluding carboxylic acids is 1. The molecule has 1 aliphatic heterocycles. The molecular weight excluding hydrogens is 416 g/mol. The van der Waals surface area contributed by atoms with Crippen molar-refractivity contribution in [2.24, 2.45) is 4.99 Å². The quantitative estimate of drug-likeness (QED) is 0.512. The molecule has 1 N–H and O–H groups in total. The normalized spacial score (nSPS) is 15.2. The van der Waals surface area contributed by atoms with Gasteiger partial charge >= 0.3 is 0 Å². The fourth-order valence-electron chi connectivity index (χ4n) is 3.32. The lowest BCUT2D eigenvalue weighted by Crippen LogP contribution is -2.27. The molecule has 1 amide bonds. The van der Waals surface area contributed by atoms with Crippen LogP contribution in [0.25, 0.3) is 0 Å².